The standard InChI is InChI=1S/C23H18F3N5O/c1-13-9-15(21-27-12-16-11-17(23(24,25)26)4-5-18(16)28-21)3-6-19(13)30-7-8-31-20(22(30)32)10-14(2)29-31/h3-6,9-12H,7-8H2,1-2H3. The molecule has 0 atom stereocenters. The summed E-state index contributed by atoms with van der Waals surface area (Å²) in [5.41, 5.74) is 3.45. The Bertz CT molecular complexity index is 1380. The zero-order valence-corrected chi connectivity index (χ0v) is 17.3. The van der Waals surface area contributed by atoms with Crippen molar-refractivity contribution in [2.45, 2.75) is 26.6 Å². The Morgan fingerprint density at radius 2 is 1.81 bits per heavy atom. The quantitative estimate of drug-likeness (QED) is 0.452. The molecule has 4 aromatic rings. The van der Waals surface area contributed by atoms with E-state index in [1.54, 1.807) is 15.6 Å². The fourth-order valence-electron chi connectivity index (χ4n) is 4.00. The first-order valence-corrected chi connectivity index (χ1v) is 10.0. The number of carbonyl (C=O) groups excluding carboxylic acids is 1. The number of aromatic nitrogens is 4. The highest BCUT2D eigenvalue weighted by atomic mass is 19.4. The number of anilines is 1. The van der Waals surface area contributed by atoms with E-state index < -0.39 is 11.7 Å². The zero-order chi connectivity index (χ0) is 22.6. The van der Waals surface area contributed by atoms with Crippen LogP contribution in [-0.2, 0) is 12.7 Å². The van der Waals surface area contributed by atoms with Crippen molar-refractivity contribution in [3.63, 3.8) is 0 Å². The van der Waals surface area contributed by atoms with Gasteiger partial charge in [-0.3, -0.25) is 9.48 Å². The first-order valence-electron chi connectivity index (χ1n) is 10.0. The summed E-state index contributed by atoms with van der Waals surface area (Å²) in [6.07, 6.45) is -3.02. The van der Waals surface area contributed by atoms with E-state index in [9.17, 15) is 18.0 Å². The largest absolute Gasteiger partial charge is 0.416 e. The van der Waals surface area contributed by atoms with Gasteiger partial charge in [-0.05, 0) is 61.9 Å². The van der Waals surface area contributed by atoms with Gasteiger partial charge in [-0.25, -0.2) is 9.97 Å². The number of benzene rings is 2. The molecule has 0 unspecified atom stereocenters. The summed E-state index contributed by atoms with van der Waals surface area (Å²) in [6.45, 7) is 4.89. The number of rotatable bonds is 2. The molecule has 0 fully saturated rings. The summed E-state index contributed by atoms with van der Waals surface area (Å²) in [4.78, 5) is 23.4. The van der Waals surface area contributed by atoms with Gasteiger partial charge in [0.25, 0.3) is 5.91 Å². The fourth-order valence-corrected chi connectivity index (χ4v) is 4.00. The summed E-state index contributed by atoms with van der Waals surface area (Å²) in [7, 11) is 0. The number of fused-ring (bicyclic) bond motifs is 2. The van der Waals surface area contributed by atoms with E-state index in [0.717, 1.165) is 34.6 Å². The molecule has 0 N–H and O–H groups in total. The molecule has 0 bridgehead atoms. The molecular formula is C23H18F3N5O. The number of carbonyl (C=O) groups is 1. The molecule has 1 aliphatic heterocycles. The molecule has 0 saturated heterocycles. The number of nitrogens with zero attached hydrogens (tertiary/aromatic N) is 5. The van der Waals surface area contributed by atoms with E-state index in [-0.39, 0.29) is 5.91 Å². The van der Waals surface area contributed by atoms with Crippen molar-refractivity contribution in [2.75, 3.05) is 11.4 Å². The smallest absolute Gasteiger partial charge is 0.305 e. The van der Waals surface area contributed by atoms with Crippen LogP contribution in [0.2, 0.25) is 0 Å². The van der Waals surface area contributed by atoms with Gasteiger partial charge in [0, 0.05) is 29.4 Å². The SMILES string of the molecule is Cc1cc2n(n1)CCN(c1ccc(-c3ncc4cc(C(F)(F)F)ccc4n3)cc1C)C2=O. The molecule has 0 spiro atoms. The second-order valence-electron chi connectivity index (χ2n) is 7.82. The molecule has 3 heterocycles. The van der Waals surface area contributed by atoms with Gasteiger partial charge in [0.15, 0.2) is 5.82 Å². The summed E-state index contributed by atoms with van der Waals surface area (Å²) in [5, 5.41) is 4.66. The van der Waals surface area contributed by atoms with Crippen molar-refractivity contribution in [1.29, 1.82) is 0 Å². The van der Waals surface area contributed by atoms with Crippen LogP contribution in [0.5, 0.6) is 0 Å². The van der Waals surface area contributed by atoms with Crippen molar-refractivity contribution in [3.05, 3.63) is 71.2 Å². The summed E-state index contributed by atoms with van der Waals surface area (Å²) in [6, 6.07) is 10.7. The minimum Gasteiger partial charge on any atom is -0.305 e. The maximum atomic E-state index is 12.9. The molecule has 2 aromatic heterocycles. The Morgan fingerprint density at radius 3 is 2.56 bits per heavy atom. The van der Waals surface area contributed by atoms with Crippen molar-refractivity contribution in [2.24, 2.45) is 0 Å². The highest BCUT2D eigenvalue weighted by Gasteiger charge is 2.31. The summed E-state index contributed by atoms with van der Waals surface area (Å²) >= 11 is 0. The summed E-state index contributed by atoms with van der Waals surface area (Å²) in [5.74, 6) is 0.306. The van der Waals surface area contributed by atoms with Crippen LogP contribution in [-0.4, -0.2) is 32.2 Å². The van der Waals surface area contributed by atoms with Gasteiger partial charge in [-0.15, -0.1) is 0 Å². The van der Waals surface area contributed by atoms with Crippen molar-refractivity contribution in [1.82, 2.24) is 19.7 Å². The molecule has 162 valence electrons. The molecule has 0 aliphatic carbocycles. The van der Waals surface area contributed by atoms with Gasteiger partial charge >= 0.3 is 6.18 Å². The van der Waals surface area contributed by atoms with E-state index in [0.29, 0.717) is 35.5 Å². The predicted octanol–water partition coefficient (Wildman–Crippen LogP) is 4.79. The molecule has 0 saturated carbocycles. The molecule has 1 amide bonds. The van der Waals surface area contributed by atoms with Gasteiger partial charge in [0.2, 0.25) is 0 Å². The Hall–Kier alpha value is -3.75. The highest BCUT2D eigenvalue weighted by Crippen LogP contribution is 2.32. The maximum absolute atomic E-state index is 12.9. The second kappa shape index (κ2) is 7.15. The third-order valence-electron chi connectivity index (χ3n) is 5.55. The molecular weight excluding hydrogens is 419 g/mol. The first kappa shape index (κ1) is 20.2. The van der Waals surface area contributed by atoms with E-state index in [2.05, 4.69) is 15.1 Å². The zero-order valence-electron chi connectivity index (χ0n) is 17.3. The number of amides is 1. The van der Waals surface area contributed by atoms with Gasteiger partial charge in [-0.1, -0.05) is 0 Å². The van der Waals surface area contributed by atoms with Crippen molar-refractivity contribution >= 4 is 22.5 Å². The Morgan fingerprint density at radius 1 is 1.00 bits per heavy atom. The lowest BCUT2D eigenvalue weighted by Gasteiger charge is -2.29. The van der Waals surface area contributed by atoms with Gasteiger partial charge < -0.3 is 4.90 Å². The van der Waals surface area contributed by atoms with Crippen LogP contribution < -0.4 is 4.90 Å². The van der Waals surface area contributed by atoms with E-state index in [1.807, 2.05) is 32.0 Å². The average Bonchev–Trinajstić information content (AvgIpc) is 3.14. The van der Waals surface area contributed by atoms with Crippen LogP contribution in [0.1, 0.15) is 27.3 Å². The van der Waals surface area contributed by atoms with Gasteiger partial charge in [-0.2, -0.15) is 18.3 Å². The average molecular weight is 437 g/mol. The third kappa shape index (κ3) is 3.39. The third-order valence-corrected chi connectivity index (χ3v) is 5.55. The lowest BCUT2D eigenvalue weighted by Crippen LogP contribution is -2.40. The predicted molar refractivity (Wildman–Crippen MR) is 113 cm³/mol. The number of hydrogen-bond acceptors (Lipinski definition) is 4. The lowest BCUT2D eigenvalue weighted by molar-refractivity contribution is -0.137. The number of halogens is 3. The van der Waals surface area contributed by atoms with E-state index >= 15 is 0 Å². The van der Waals surface area contributed by atoms with Crippen LogP contribution in [0.15, 0.2) is 48.7 Å². The monoisotopic (exact) mass is 437 g/mol. The molecule has 0 radical (unpaired) electrons. The van der Waals surface area contributed by atoms with Gasteiger partial charge in [0.1, 0.15) is 5.69 Å². The minimum absolute atomic E-state index is 0.102. The Kier molecular flexibility index (Phi) is 4.51. The number of aryl methyl sites for hydroxylation is 2. The fraction of sp³-hybridized carbons (Fsp3) is 0.217. The minimum atomic E-state index is -4.41. The highest BCUT2D eigenvalue weighted by molar-refractivity contribution is 6.06. The van der Waals surface area contributed by atoms with Crippen LogP contribution in [0, 0.1) is 13.8 Å². The van der Waals surface area contributed by atoms with Crippen molar-refractivity contribution in [3.8, 4) is 11.4 Å². The van der Waals surface area contributed by atoms with E-state index in [1.165, 1.54) is 12.3 Å². The lowest BCUT2D eigenvalue weighted by atomic mass is 10.1. The Labute approximate surface area is 181 Å². The molecule has 9 heteroatoms. The number of alkyl halides is 3. The second-order valence-corrected chi connectivity index (χ2v) is 7.82. The topological polar surface area (TPSA) is 63.9 Å². The first-order chi connectivity index (χ1) is 15.2. The molecule has 5 rings (SSSR count). The van der Waals surface area contributed by atoms with Crippen LogP contribution in [0.25, 0.3) is 22.3 Å². The molecule has 1 aliphatic rings. The van der Waals surface area contributed by atoms with Crippen molar-refractivity contribution < 1.29 is 18.0 Å². The number of hydrogen-bond donors (Lipinski definition) is 0. The van der Waals surface area contributed by atoms with Gasteiger partial charge in [0.05, 0.1) is 23.3 Å². The van der Waals surface area contributed by atoms with Crippen LogP contribution >= 0.6 is 0 Å². The molecule has 32 heavy (non-hydrogen) atoms. The normalized spacial score (nSPS) is 14.2. The Balaban J connectivity index is 1.47. The maximum Gasteiger partial charge on any atom is 0.416 e. The van der Waals surface area contributed by atoms with Crippen LogP contribution in [0.3, 0.4) is 0 Å². The molecule has 6 nitrogen and oxygen atoms in total. The summed E-state index contributed by atoms with van der Waals surface area (Å²) < 4.78 is 40.5. The van der Waals surface area contributed by atoms with E-state index in [4.69, 9.17) is 0 Å². The van der Waals surface area contributed by atoms with Crippen LogP contribution in [0.4, 0.5) is 18.9 Å². The molecule has 2 aromatic carbocycles.